The van der Waals surface area contributed by atoms with Crippen molar-refractivity contribution in [3.63, 3.8) is 0 Å². The summed E-state index contributed by atoms with van der Waals surface area (Å²) in [6.07, 6.45) is 1.07. The molecule has 2 aromatic heterocycles. The number of halogens is 1. The molecular weight excluding hydrogens is 263 g/mol. The van der Waals surface area contributed by atoms with Crippen molar-refractivity contribution in [2.75, 3.05) is 11.9 Å². The van der Waals surface area contributed by atoms with E-state index in [2.05, 4.69) is 20.8 Å². The number of pyridine rings is 1. The lowest BCUT2D eigenvalue weighted by molar-refractivity contribution is 0.0950. The minimum Gasteiger partial charge on any atom is -0.370 e. The predicted octanol–water partition coefficient (Wildman–Crippen LogP) is 1.88. The molecule has 0 aliphatic heterocycles. The highest BCUT2D eigenvalue weighted by atomic mass is 19.1. The zero-order valence-corrected chi connectivity index (χ0v) is 11.2. The van der Waals surface area contributed by atoms with E-state index in [0.29, 0.717) is 23.8 Å². The number of carbonyl (C=O) groups excluding carboxylic acids is 1. The number of aryl methyl sites for hydroxylation is 1. The van der Waals surface area contributed by atoms with Crippen molar-refractivity contribution >= 4 is 11.7 Å². The molecule has 0 saturated carbocycles. The number of aromatic nitrogens is 2. The first-order chi connectivity index (χ1) is 9.60. The quantitative estimate of drug-likeness (QED) is 0.873. The van der Waals surface area contributed by atoms with Gasteiger partial charge in [0.05, 0.1) is 18.3 Å². The highest BCUT2D eigenvalue weighted by Gasteiger charge is 2.14. The van der Waals surface area contributed by atoms with Gasteiger partial charge in [0.1, 0.15) is 23.1 Å². The van der Waals surface area contributed by atoms with Crippen molar-refractivity contribution in [1.82, 2.24) is 15.5 Å². The summed E-state index contributed by atoms with van der Waals surface area (Å²) in [6.45, 7) is 4.42. The molecule has 2 N–H and O–H groups in total. The maximum Gasteiger partial charge on any atom is 0.255 e. The summed E-state index contributed by atoms with van der Waals surface area (Å²) in [7, 11) is 0. The molecule has 2 aromatic rings. The summed E-state index contributed by atoms with van der Waals surface area (Å²) in [5.74, 6) is 0.0282. The minimum absolute atomic E-state index is 0.159. The third-order valence-corrected chi connectivity index (χ3v) is 2.55. The highest BCUT2D eigenvalue weighted by Crippen LogP contribution is 2.13. The molecule has 0 radical (unpaired) electrons. The van der Waals surface area contributed by atoms with Crippen molar-refractivity contribution in [2.24, 2.45) is 0 Å². The van der Waals surface area contributed by atoms with E-state index in [9.17, 15) is 9.18 Å². The van der Waals surface area contributed by atoms with E-state index >= 15 is 0 Å². The Morgan fingerprint density at radius 1 is 1.45 bits per heavy atom. The van der Waals surface area contributed by atoms with E-state index in [4.69, 9.17) is 4.52 Å². The van der Waals surface area contributed by atoms with Crippen LogP contribution in [0, 0.1) is 12.7 Å². The fourth-order valence-electron chi connectivity index (χ4n) is 1.69. The summed E-state index contributed by atoms with van der Waals surface area (Å²) in [4.78, 5) is 15.9. The zero-order valence-electron chi connectivity index (χ0n) is 11.2. The number of nitrogens with zero attached hydrogens (tertiary/aromatic N) is 2. The molecular formula is C13H15FN4O2. The van der Waals surface area contributed by atoms with Crippen molar-refractivity contribution in [3.05, 3.63) is 41.2 Å². The van der Waals surface area contributed by atoms with Gasteiger partial charge in [0.2, 0.25) is 0 Å². The van der Waals surface area contributed by atoms with Crippen molar-refractivity contribution < 1.29 is 13.7 Å². The van der Waals surface area contributed by atoms with Crippen LogP contribution in [-0.4, -0.2) is 22.6 Å². The number of anilines is 1. The van der Waals surface area contributed by atoms with E-state index < -0.39 is 11.7 Å². The molecule has 0 aliphatic rings. The third kappa shape index (κ3) is 3.31. The average Bonchev–Trinajstić information content (AvgIpc) is 2.84. The Hall–Kier alpha value is -2.44. The minimum atomic E-state index is -0.561. The van der Waals surface area contributed by atoms with Gasteiger partial charge in [0.25, 0.3) is 5.91 Å². The molecule has 0 spiro atoms. The van der Waals surface area contributed by atoms with E-state index in [0.717, 1.165) is 12.3 Å². The summed E-state index contributed by atoms with van der Waals surface area (Å²) in [6, 6.07) is 2.86. The molecule has 0 bridgehead atoms. The second-order valence-corrected chi connectivity index (χ2v) is 4.19. The standard InChI is InChI=1S/C13H15FN4O2/c1-3-15-12-11(5-9(14)6-16-12)13(19)17-7-10-4-8(2)20-18-10/h4-6H,3,7H2,1-2H3,(H,15,16)(H,17,19). The molecule has 20 heavy (non-hydrogen) atoms. The van der Waals surface area contributed by atoms with Crippen LogP contribution in [0.4, 0.5) is 10.2 Å². The largest absolute Gasteiger partial charge is 0.370 e. The maximum absolute atomic E-state index is 13.2. The molecule has 0 aliphatic carbocycles. The van der Waals surface area contributed by atoms with Crippen molar-refractivity contribution in [2.45, 2.75) is 20.4 Å². The van der Waals surface area contributed by atoms with E-state index in [-0.39, 0.29) is 12.1 Å². The SMILES string of the molecule is CCNc1ncc(F)cc1C(=O)NCc1cc(C)on1. The summed E-state index contributed by atoms with van der Waals surface area (Å²) in [5.41, 5.74) is 0.761. The Balaban J connectivity index is 2.09. The second kappa shape index (κ2) is 6.14. The highest BCUT2D eigenvalue weighted by molar-refractivity contribution is 5.98. The molecule has 1 amide bonds. The van der Waals surface area contributed by atoms with Crippen LogP contribution < -0.4 is 10.6 Å². The van der Waals surface area contributed by atoms with E-state index in [1.165, 1.54) is 0 Å². The van der Waals surface area contributed by atoms with E-state index in [1.807, 2.05) is 6.92 Å². The fourth-order valence-corrected chi connectivity index (χ4v) is 1.69. The van der Waals surface area contributed by atoms with Crippen molar-refractivity contribution in [3.8, 4) is 0 Å². The van der Waals surface area contributed by atoms with Crippen LogP contribution >= 0.6 is 0 Å². The van der Waals surface area contributed by atoms with Crippen LogP contribution in [0.1, 0.15) is 28.7 Å². The number of amides is 1. The first-order valence-electron chi connectivity index (χ1n) is 6.20. The summed E-state index contributed by atoms with van der Waals surface area (Å²) < 4.78 is 18.1. The number of nitrogens with one attached hydrogen (secondary N) is 2. The summed E-state index contributed by atoms with van der Waals surface area (Å²) in [5, 5.41) is 9.32. The van der Waals surface area contributed by atoms with E-state index in [1.54, 1.807) is 13.0 Å². The Bertz CT molecular complexity index is 612. The molecule has 2 heterocycles. The molecule has 0 atom stereocenters. The van der Waals surface area contributed by atoms with Crippen LogP contribution in [-0.2, 0) is 6.54 Å². The first kappa shape index (κ1) is 14.0. The summed E-state index contributed by atoms with van der Waals surface area (Å²) >= 11 is 0. The molecule has 0 saturated heterocycles. The second-order valence-electron chi connectivity index (χ2n) is 4.19. The molecule has 0 unspecified atom stereocenters. The Labute approximate surface area is 115 Å². The molecule has 6 nitrogen and oxygen atoms in total. The lowest BCUT2D eigenvalue weighted by atomic mass is 10.2. The van der Waals surface area contributed by atoms with Gasteiger partial charge in [-0.3, -0.25) is 4.79 Å². The van der Waals surface area contributed by atoms with Gasteiger partial charge in [0, 0.05) is 12.6 Å². The van der Waals surface area contributed by atoms with Gasteiger partial charge >= 0.3 is 0 Å². The van der Waals surface area contributed by atoms with Crippen LogP contribution in [0.25, 0.3) is 0 Å². The topological polar surface area (TPSA) is 80.0 Å². The van der Waals surface area contributed by atoms with Gasteiger partial charge in [-0.05, 0) is 19.9 Å². The average molecular weight is 278 g/mol. The fraction of sp³-hybridized carbons (Fsp3) is 0.308. The van der Waals surface area contributed by atoms with Gasteiger partial charge in [-0.25, -0.2) is 9.37 Å². The van der Waals surface area contributed by atoms with Gasteiger partial charge < -0.3 is 15.2 Å². The molecule has 2 rings (SSSR count). The van der Waals surface area contributed by atoms with Crippen LogP contribution in [0.2, 0.25) is 0 Å². The molecule has 106 valence electrons. The maximum atomic E-state index is 13.2. The number of carbonyl (C=O) groups is 1. The van der Waals surface area contributed by atoms with Gasteiger partial charge in [-0.15, -0.1) is 0 Å². The smallest absolute Gasteiger partial charge is 0.255 e. The van der Waals surface area contributed by atoms with Crippen LogP contribution in [0.3, 0.4) is 0 Å². The Morgan fingerprint density at radius 3 is 2.90 bits per heavy atom. The Kier molecular flexibility index (Phi) is 4.29. The zero-order chi connectivity index (χ0) is 14.5. The normalized spacial score (nSPS) is 10.3. The number of rotatable bonds is 5. The van der Waals surface area contributed by atoms with Crippen molar-refractivity contribution in [1.29, 1.82) is 0 Å². The Morgan fingerprint density at radius 2 is 2.25 bits per heavy atom. The van der Waals surface area contributed by atoms with Crippen LogP contribution in [0.5, 0.6) is 0 Å². The number of hydrogen-bond acceptors (Lipinski definition) is 5. The third-order valence-electron chi connectivity index (χ3n) is 2.55. The van der Waals surface area contributed by atoms with Crippen LogP contribution in [0.15, 0.2) is 22.9 Å². The first-order valence-corrected chi connectivity index (χ1v) is 6.20. The predicted molar refractivity (Wildman–Crippen MR) is 70.8 cm³/mol. The van der Waals surface area contributed by atoms with Gasteiger partial charge in [-0.1, -0.05) is 5.16 Å². The molecule has 0 fully saturated rings. The number of hydrogen-bond donors (Lipinski definition) is 2. The molecule has 0 aromatic carbocycles. The van der Waals surface area contributed by atoms with Gasteiger partial charge in [0.15, 0.2) is 0 Å². The lowest BCUT2D eigenvalue weighted by Crippen LogP contribution is -2.24. The molecule has 7 heteroatoms. The van der Waals surface area contributed by atoms with Gasteiger partial charge in [-0.2, -0.15) is 0 Å². The lowest BCUT2D eigenvalue weighted by Gasteiger charge is -2.09. The monoisotopic (exact) mass is 278 g/mol.